The van der Waals surface area contributed by atoms with Gasteiger partial charge in [0.2, 0.25) is 0 Å². The minimum absolute atomic E-state index is 0.614. The third-order valence-corrected chi connectivity index (χ3v) is 2.05. The van der Waals surface area contributed by atoms with Crippen molar-refractivity contribution < 1.29 is 4.79 Å². The van der Waals surface area contributed by atoms with Crippen molar-refractivity contribution in [1.82, 2.24) is 0 Å². The number of aldehydes is 1. The van der Waals surface area contributed by atoms with Crippen LogP contribution in [0, 0.1) is 0 Å². The molecule has 10 heavy (non-hydrogen) atoms. The van der Waals surface area contributed by atoms with Crippen molar-refractivity contribution in [3.05, 3.63) is 21.8 Å². The fraction of sp³-hybridized carbons (Fsp3) is 0.286. The van der Waals surface area contributed by atoms with E-state index >= 15 is 0 Å². The lowest BCUT2D eigenvalue weighted by Crippen LogP contribution is -2.39. The van der Waals surface area contributed by atoms with Gasteiger partial charge in [-0.1, -0.05) is 12.2 Å². The van der Waals surface area contributed by atoms with Crippen molar-refractivity contribution in [1.29, 1.82) is 0 Å². The number of carbonyl (C=O) groups is 1. The van der Waals surface area contributed by atoms with Gasteiger partial charge < -0.3 is 10.5 Å². The van der Waals surface area contributed by atoms with Gasteiger partial charge in [-0.2, -0.15) is 0 Å². The van der Waals surface area contributed by atoms with Crippen LogP contribution in [0.25, 0.3) is 0 Å². The van der Waals surface area contributed by atoms with E-state index < -0.39 is 5.54 Å². The number of rotatable bonds is 1. The Hall–Kier alpha value is -0.160. The zero-order chi connectivity index (χ0) is 7.61. The number of nitrogens with two attached hydrogens (primary N) is 1. The highest BCUT2D eigenvalue weighted by Crippen LogP contribution is 2.20. The van der Waals surface area contributed by atoms with E-state index in [0.717, 1.165) is 9.87 Å². The van der Waals surface area contributed by atoms with Crippen molar-refractivity contribution in [2.45, 2.75) is 12.0 Å². The van der Waals surface area contributed by atoms with Crippen molar-refractivity contribution in [2.24, 2.45) is 5.73 Å². The van der Waals surface area contributed by atoms with Crippen LogP contribution in [0.3, 0.4) is 0 Å². The summed E-state index contributed by atoms with van der Waals surface area (Å²) in [6.07, 6.45) is 7.05. The molecular formula is C7H8INO. The molecule has 1 unspecified atom stereocenters. The summed E-state index contributed by atoms with van der Waals surface area (Å²) in [5, 5.41) is 0. The quantitative estimate of drug-likeness (QED) is 0.559. The molecule has 3 heteroatoms. The highest BCUT2D eigenvalue weighted by atomic mass is 127. The largest absolute Gasteiger partial charge is 0.316 e. The van der Waals surface area contributed by atoms with Gasteiger partial charge in [0, 0.05) is 3.58 Å². The zero-order valence-electron chi connectivity index (χ0n) is 5.38. The predicted molar refractivity (Wildman–Crippen MR) is 48.8 cm³/mol. The highest BCUT2D eigenvalue weighted by molar-refractivity contribution is 14.1. The maximum absolute atomic E-state index is 10.4. The Morgan fingerprint density at radius 1 is 1.80 bits per heavy atom. The molecule has 1 aliphatic rings. The Bertz CT molecular complexity index is 210. The number of hydrogen-bond donors (Lipinski definition) is 1. The van der Waals surface area contributed by atoms with Gasteiger partial charge in [-0.05, 0) is 35.1 Å². The third kappa shape index (κ3) is 1.67. The fourth-order valence-electron chi connectivity index (χ4n) is 0.822. The third-order valence-electron chi connectivity index (χ3n) is 1.37. The van der Waals surface area contributed by atoms with Crippen LogP contribution in [-0.4, -0.2) is 11.8 Å². The molecule has 0 amide bonds. The van der Waals surface area contributed by atoms with E-state index in [1.54, 1.807) is 6.08 Å². The Morgan fingerprint density at radius 2 is 2.50 bits per heavy atom. The lowest BCUT2D eigenvalue weighted by molar-refractivity contribution is -0.110. The molecule has 2 N–H and O–H groups in total. The Morgan fingerprint density at radius 3 is 2.90 bits per heavy atom. The number of carbonyl (C=O) groups excluding carboxylic acids is 1. The molecule has 0 saturated carbocycles. The SMILES string of the molecule is NC1(C=O)C=C(I)C=CC1. The maximum atomic E-state index is 10.4. The van der Waals surface area contributed by atoms with Crippen LogP contribution < -0.4 is 5.73 Å². The second-order valence-corrected chi connectivity index (χ2v) is 3.61. The van der Waals surface area contributed by atoms with Crippen molar-refractivity contribution in [3.8, 4) is 0 Å². The normalized spacial score (nSPS) is 31.6. The summed E-state index contributed by atoms with van der Waals surface area (Å²) in [6.45, 7) is 0. The highest BCUT2D eigenvalue weighted by Gasteiger charge is 2.21. The van der Waals surface area contributed by atoms with E-state index in [1.807, 2.05) is 12.2 Å². The number of halogens is 1. The lowest BCUT2D eigenvalue weighted by atomic mass is 9.95. The van der Waals surface area contributed by atoms with Crippen LogP contribution in [-0.2, 0) is 4.79 Å². The molecule has 0 saturated heterocycles. The molecule has 0 aromatic rings. The van der Waals surface area contributed by atoms with Crippen molar-refractivity contribution >= 4 is 28.9 Å². The molecule has 0 aromatic carbocycles. The molecule has 1 rings (SSSR count). The minimum Gasteiger partial charge on any atom is -0.316 e. The van der Waals surface area contributed by atoms with Crippen molar-refractivity contribution in [3.63, 3.8) is 0 Å². The summed E-state index contributed by atoms with van der Waals surface area (Å²) < 4.78 is 1.03. The van der Waals surface area contributed by atoms with E-state index in [9.17, 15) is 4.79 Å². The molecule has 0 heterocycles. The van der Waals surface area contributed by atoms with Gasteiger partial charge in [-0.15, -0.1) is 0 Å². The first-order valence-corrected chi connectivity index (χ1v) is 4.04. The first-order chi connectivity index (χ1) is 4.66. The van der Waals surface area contributed by atoms with Crippen LogP contribution in [0.4, 0.5) is 0 Å². The monoisotopic (exact) mass is 249 g/mol. The first kappa shape index (κ1) is 7.94. The van der Waals surface area contributed by atoms with E-state index in [-0.39, 0.29) is 0 Å². The molecule has 0 radical (unpaired) electrons. The van der Waals surface area contributed by atoms with E-state index in [0.29, 0.717) is 6.42 Å². The molecule has 54 valence electrons. The first-order valence-electron chi connectivity index (χ1n) is 2.96. The van der Waals surface area contributed by atoms with Gasteiger partial charge in [-0.25, -0.2) is 0 Å². The van der Waals surface area contributed by atoms with Gasteiger partial charge in [-0.3, -0.25) is 0 Å². The summed E-state index contributed by atoms with van der Waals surface area (Å²) in [7, 11) is 0. The van der Waals surface area contributed by atoms with Crippen LogP contribution in [0.1, 0.15) is 6.42 Å². The second-order valence-electron chi connectivity index (χ2n) is 2.37. The molecule has 2 nitrogen and oxygen atoms in total. The molecule has 0 spiro atoms. The molecule has 1 aliphatic carbocycles. The Labute approximate surface area is 73.3 Å². The van der Waals surface area contributed by atoms with Gasteiger partial charge in [0.25, 0.3) is 0 Å². The Kier molecular flexibility index (Phi) is 2.25. The molecule has 0 bridgehead atoms. The number of hydrogen-bond acceptors (Lipinski definition) is 2. The van der Waals surface area contributed by atoms with Crippen molar-refractivity contribution in [2.75, 3.05) is 0 Å². The Balaban J connectivity index is 2.86. The minimum atomic E-state index is -0.745. The predicted octanol–water partition coefficient (Wildman–Crippen LogP) is 1.16. The van der Waals surface area contributed by atoms with Crippen LogP contribution in [0.2, 0.25) is 0 Å². The van der Waals surface area contributed by atoms with E-state index in [1.165, 1.54) is 0 Å². The van der Waals surface area contributed by atoms with E-state index in [2.05, 4.69) is 22.6 Å². The van der Waals surface area contributed by atoms with E-state index in [4.69, 9.17) is 5.73 Å². The smallest absolute Gasteiger partial charge is 0.144 e. The second kappa shape index (κ2) is 2.84. The topological polar surface area (TPSA) is 43.1 Å². The van der Waals surface area contributed by atoms with Crippen LogP contribution in [0.15, 0.2) is 21.8 Å². The molecule has 0 fully saturated rings. The maximum Gasteiger partial charge on any atom is 0.144 e. The zero-order valence-corrected chi connectivity index (χ0v) is 7.54. The fourth-order valence-corrected chi connectivity index (χ4v) is 1.66. The van der Waals surface area contributed by atoms with Crippen LogP contribution in [0.5, 0.6) is 0 Å². The van der Waals surface area contributed by atoms with Gasteiger partial charge in [0.15, 0.2) is 0 Å². The standard InChI is InChI=1S/C7H8INO/c8-6-2-1-3-7(9,4-6)5-10/h1-2,4-5H,3,9H2. The summed E-state index contributed by atoms with van der Waals surface area (Å²) in [5.74, 6) is 0. The molecule has 0 aromatic heterocycles. The molecule has 0 aliphatic heterocycles. The average Bonchev–Trinajstić information content (AvgIpc) is 1.88. The lowest BCUT2D eigenvalue weighted by Gasteiger charge is -2.19. The van der Waals surface area contributed by atoms with Gasteiger partial charge in [0.05, 0.1) is 5.54 Å². The summed E-state index contributed by atoms with van der Waals surface area (Å²) in [4.78, 5) is 10.4. The molecular weight excluding hydrogens is 241 g/mol. The van der Waals surface area contributed by atoms with Crippen LogP contribution >= 0.6 is 22.6 Å². The number of allylic oxidation sites excluding steroid dienone is 2. The summed E-state index contributed by atoms with van der Waals surface area (Å²) in [6, 6.07) is 0. The molecule has 1 atom stereocenters. The van der Waals surface area contributed by atoms with Gasteiger partial charge >= 0.3 is 0 Å². The summed E-state index contributed by atoms with van der Waals surface area (Å²) >= 11 is 2.14. The van der Waals surface area contributed by atoms with Gasteiger partial charge in [0.1, 0.15) is 6.29 Å². The summed E-state index contributed by atoms with van der Waals surface area (Å²) in [5.41, 5.74) is 4.90. The average molecular weight is 249 g/mol.